The van der Waals surface area contributed by atoms with E-state index in [2.05, 4.69) is 53.2 Å². The molecule has 25 heavy (non-hydrogen) atoms. The molecule has 0 spiro atoms. The van der Waals surface area contributed by atoms with Gasteiger partial charge in [-0.2, -0.15) is 0 Å². The van der Waals surface area contributed by atoms with Crippen LogP contribution in [0, 0.1) is 12.8 Å². The lowest BCUT2D eigenvalue weighted by atomic mass is 10.0. The van der Waals surface area contributed by atoms with Gasteiger partial charge in [0, 0.05) is 5.39 Å². The predicted octanol–water partition coefficient (Wildman–Crippen LogP) is 4.62. The lowest BCUT2D eigenvalue weighted by Crippen LogP contribution is -2.19. The smallest absolute Gasteiger partial charge is 0.137 e. The zero-order chi connectivity index (χ0) is 17.4. The van der Waals surface area contributed by atoms with Crippen molar-refractivity contribution in [3.8, 4) is 0 Å². The average Bonchev–Trinajstić information content (AvgIpc) is 3.03. The highest BCUT2D eigenvalue weighted by atomic mass is 15.1. The Bertz CT molecular complexity index is 1000. The van der Waals surface area contributed by atoms with E-state index in [-0.39, 0.29) is 6.04 Å². The maximum absolute atomic E-state index is 4.77. The summed E-state index contributed by atoms with van der Waals surface area (Å²) in [5.74, 6) is 2.11. The molecule has 5 heteroatoms. The molecule has 0 amide bonds. The second kappa shape index (κ2) is 6.16. The number of aromatic nitrogens is 4. The van der Waals surface area contributed by atoms with Crippen molar-refractivity contribution in [3.05, 3.63) is 60.2 Å². The number of benzene rings is 2. The fourth-order valence-corrected chi connectivity index (χ4v) is 3.10. The highest BCUT2D eigenvalue weighted by molar-refractivity contribution is 5.89. The molecule has 2 N–H and O–H groups in total. The molecule has 5 nitrogen and oxygen atoms in total. The summed E-state index contributed by atoms with van der Waals surface area (Å²) in [5, 5.41) is 4.61. The number of imidazole rings is 1. The van der Waals surface area contributed by atoms with Crippen molar-refractivity contribution in [2.75, 3.05) is 5.32 Å². The molecule has 2 aromatic carbocycles. The first-order valence-electron chi connectivity index (χ1n) is 8.54. The van der Waals surface area contributed by atoms with Gasteiger partial charge in [-0.05, 0) is 37.1 Å². The third kappa shape index (κ3) is 2.93. The lowest BCUT2D eigenvalue weighted by molar-refractivity contribution is 0.525. The minimum atomic E-state index is 0.0333. The normalized spacial score (nSPS) is 12.8. The molecule has 4 aromatic rings. The largest absolute Gasteiger partial charge is 0.359 e. The second-order valence-corrected chi connectivity index (χ2v) is 6.75. The van der Waals surface area contributed by atoms with Gasteiger partial charge in [-0.3, -0.25) is 0 Å². The summed E-state index contributed by atoms with van der Waals surface area (Å²) in [6, 6.07) is 14.3. The molecule has 0 aliphatic rings. The van der Waals surface area contributed by atoms with Crippen molar-refractivity contribution in [3.63, 3.8) is 0 Å². The van der Waals surface area contributed by atoms with Crippen molar-refractivity contribution in [2.45, 2.75) is 26.8 Å². The van der Waals surface area contributed by atoms with Crippen LogP contribution in [-0.2, 0) is 0 Å². The molecule has 0 aliphatic heterocycles. The second-order valence-electron chi connectivity index (χ2n) is 6.75. The Balaban J connectivity index is 1.77. The van der Waals surface area contributed by atoms with Gasteiger partial charge in [-0.15, -0.1) is 0 Å². The van der Waals surface area contributed by atoms with E-state index in [1.165, 1.54) is 5.56 Å². The number of fused-ring (bicyclic) bond motifs is 2. The van der Waals surface area contributed by atoms with E-state index in [1.807, 2.05) is 30.3 Å². The van der Waals surface area contributed by atoms with E-state index >= 15 is 0 Å². The van der Waals surface area contributed by atoms with Crippen molar-refractivity contribution in [1.29, 1.82) is 0 Å². The summed E-state index contributed by atoms with van der Waals surface area (Å²) in [7, 11) is 0. The Morgan fingerprint density at radius 2 is 1.84 bits per heavy atom. The summed E-state index contributed by atoms with van der Waals surface area (Å²) in [6.07, 6.45) is 1.61. The number of para-hydroxylation sites is 2. The van der Waals surface area contributed by atoms with E-state index in [0.29, 0.717) is 5.92 Å². The molecule has 2 aromatic heterocycles. The highest BCUT2D eigenvalue weighted by Gasteiger charge is 2.21. The van der Waals surface area contributed by atoms with Gasteiger partial charge in [0.05, 0.1) is 22.6 Å². The minimum Gasteiger partial charge on any atom is -0.359 e. The number of rotatable bonds is 4. The maximum Gasteiger partial charge on any atom is 0.137 e. The zero-order valence-corrected chi connectivity index (χ0v) is 14.6. The summed E-state index contributed by atoms with van der Waals surface area (Å²) < 4.78 is 0. The van der Waals surface area contributed by atoms with Gasteiger partial charge in [-0.25, -0.2) is 15.0 Å². The minimum absolute atomic E-state index is 0.0333. The molecule has 0 saturated heterocycles. The molecule has 4 rings (SSSR count). The number of aromatic amines is 1. The number of hydrogen-bond donors (Lipinski definition) is 2. The molecule has 0 radical (unpaired) electrons. The molecular formula is C20H21N5. The van der Waals surface area contributed by atoms with Crippen molar-refractivity contribution >= 4 is 27.8 Å². The first kappa shape index (κ1) is 15.6. The number of hydrogen-bond acceptors (Lipinski definition) is 4. The Hall–Kier alpha value is -2.95. The quantitative estimate of drug-likeness (QED) is 0.572. The first-order chi connectivity index (χ1) is 12.1. The first-order valence-corrected chi connectivity index (χ1v) is 8.54. The molecule has 0 unspecified atom stereocenters. The summed E-state index contributed by atoms with van der Waals surface area (Å²) in [6.45, 7) is 6.44. The van der Waals surface area contributed by atoms with Crippen molar-refractivity contribution < 1.29 is 0 Å². The Kier molecular flexibility index (Phi) is 3.84. The van der Waals surface area contributed by atoms with Gasteiger partial charge in [0.1, 0.15) is 18.0 Å². The van der Waals surface area contributed by atoms with Crippen LogP contribution in [-0.4, -0.2) is 19.9 Å². The Morgan fingerprint density at radius 3 is 2.64 bits per heavy atom. The monoisotopic (exact) mass is 331 g/mol. The standard InChI is InChI=1S/C20H21N5/c1-12(2)18(20-23-16-6-4-5-7-17(16)24-20)25-19-14-10-13(3)8-9-15(14)21-11-22-19/h4-12,18H,1-3H3,(H,23,24)(H,21,22,25)/t18-/m0/s1. The maximum atomic E-state index is 4.77. The molecule has 0 saturated carbocycles. The SMILES string of the molecule is Cc1ccc2ncnc(N[C@H](c3nc4ccccc4[nH]3)C(C)C)c2c1. The number of anilines is 1. The number of H-pyrrole nitrogens is 1. The van der Waals surface area contributed by atoms with Crippen LogP contribution in [0.3, 0.4) is 0 Å². The molecule has 126 valence electrons. The van der Waals surface area contributed by atoms with Crippen LogP contribution in [0.15, 0.2) is 48.8 Å². The van der Waals surface area contributed by atoms with Crippen LogP contribution in [0.2, 0.25) is 0 Å². The Morgan fingerprint density at radius 1 is 1.00 bits per heavy atom. The fraction of sp³-hybridized carbons (Fsp3) is 0.250. The van der Waals surface area contributed by atoms with E-state index in [4.69, 9.17) is 4.98 Å². The van der Waals surface area contributed by atoms with Crippen LogP contribution >= 0.6 is 0 Å². The van der Waals surface area contributed by atoms with Crippen LogP contribution < -0.4 is 5.32 Å². The molecule has 0 aliphatic carbocycles. The molecule has 2 heterocycles. The zero-order valence-electron chi connectivity index (χ0n) is 14.6. The van der Waals surface area contributed by atoms with E-state index in [9.17, 15) is 0 Å². The molecule has 1 atom stereocenters. The van der Waals surface area contributed by atoms with Gasteiger partial charge in [0.25, 0.3) is 0 Å². The van der Waals surface area contributed by atoms with Crippen LogP contribution in [0.5, 0.6) is 0 Å². The van der Waals surface area contributed by atoms with Crippen molar-refractivity contribution in [1.82, 2.24) is 19.9 Å². The average molecular weight is 331 g/mol. The summed E-state index contributed by atoms with van der Waals surface area (Å²) in [5.41, 5.74) is 4.16. The third-order valence-electron chi connectivity index (χ3n) is 4.45. The number of nitrogens with one attached hydrogen (secondary N) is 2. The topological polar surface area (TPSA) is 66.5 Å². The molecular weight excluding hydrogens is 310 g/mol. The fourth-order valence-electron chi connectivity index (χ4n) is 3.10. The highest BCUT2D eigenvalue weighted by Crippen LogP contribution is 2.29. The van der Waals surface area contributed by atoms with E-state index in [1.54, 1.807) is 6.33 Å². The van der Waals surface area contributed by atoms with Gasteiger partial charge in [-0.1, -0.05) is 37.6 Å². The van der Waals surface area contributed by atoms with E-state index in [0.717, 1.165) is 33.6 Å². The van der Waals surface area contributed by atoms with Gasteiger partial charge in [0.15, 0.2) is 0 Å². The summed E-state index contributed by atoms with van der Waals surface area (Å²) >= 11 is 0. The van der Waals surface area contributed by atoms with Crippen LogP contribution in [0.1, 0.15) is 31.3 Å². The lowest BCUT2D eigenvalue weighted by Gasteiger charge is -2.21. The van der Waals surface area contributed by atoms with Crippen LogP contribution in [0.4, 0.5) is 5.82 Å². The summed E-state index contributed by atoms with van der Waals surface area (Å²) in [4.78, 5) is 17.1. The molecule has 0 fully saturated rings. The Labute approximate surface area is 146 Å². The number of nitrogens with zero attached hydrogens (tertiary/aromatic N) is 3. The van der Waals surface area contributed by atoms with E-state index < -0.39 is 0 Å². The number of aryl methyl sites for hydroxylation is 1. The van der Waals surface area contributed by atoms with Crippen LogP contribution in [0.25, 0.3) is 21.9 Å². The molecule has 0 bridgehead atoms. The third-order valence-corrected chi connectivity index (χ3v) is 4.45. The van der Waals surface area contributed by atoms with Crippen molar-refractivity contribution in [2.24, 2.45) is 5.92 Å². The van der Waals surface area contributed by atoms with Gasteiger partial charge < -0.3 is 10.3 Å². The van der Waals surface area contributed by atoms with Gasteiger partial charge in [0.2, 0.25) is 0 Å². The van der Waals surface area contributed by atoms with Gasteiger partial charge >= 0.3 is 0 Å². The predicted molar refractivity (Wildman–Crippen MR) is 102 cm³/mol.